The van der Waals surface area contributed by atoms with E-state index in [1.807, 2.05) is 0 Å². The largest absolute Gasteiger partial charge is 0.237 e. The summed E-state index contributed by atoms with van der Waals surface area (Å²) in [5.41, 5.74) is 0. The zero-order valence-electron chi connectivity index (χ0n) is 12.8. The topological polar surface area (TPSA) is 58.9 Å². The molecule has 0 spiro atoms. The average Bonchev–Trinajstić information content (AvgIpc) is 2.45. The summed E-state index contributed by atoms with van der Waals surface area (Å²) >= 11 is 0. The van der Waals surface area contributed by atoms with E-state index in [0.717, 1.165) is 12.8 Å². The van der Waals surface area contributed by atoms with Crippen molar-refractivity contribution in [3.05, 3.63) is 0 Å². The van der Waals surface area contributed by atoms with E-state index in [4.69, 9.17) is 0 Å². The molecule has 0 fully saturated rings. The Morgan fingerprint density at radius 3 is 1.50 bits per heavy atom. The van der Waals surface area contributed by atoms with E-state index in [1.165, 1.54) is 69.9 Å². The number of nitrogens with zero attached hydrogens (tertiary/aromatic N) is 2. The van der Waals surface area contributed by atoms with Gasteiger partial charge in [0.05, 0.1) is 0 Å². The first kappa shape index (κ1) is 18.8. The number of aliphatic imine (C=N–C) groups is 2. The standard InChI is InChI=1S/C16H28N2O2/c1-2-3-4-5-6-7-8-9-10-11-12-13-16(17-14-19)18-15-20/h16H,2-13H2,1H3. The highest BCUT2D eigenvalue weighted by Gasteiger charge is 2.03. The van der Waals surface area contributed by atoms with Gasteiger partial charge in [-0.25, -0.2) is 9.59 Å². The molecule has 0 saturated carbocycles. The Labute approximate surface area is 122 Å². The molecule has 0 aliphatic rings. The highest BCUT2D eigenvalue weighted by molar-refractivity contribution is 5.36. The number of rotatable bonds is 14. The Morgan fingerprint density at radius 1 is 0.700 bits per heavy atom. The van der Waals surface area contributed by atoms with Gasteiger partial charge in [-0.2, -0.15) is 9.98 Å². The lowest BCUT2D eigenvalue weighted by Gasteiger charge is -2.04. The summed E-state index contributed by atoms with van der Waals surface area (Å²) in [7, 11) is 0. The van der Waals surface area contributed by atoms with Gasteiger partial charge in [-0.05, 0) is 12.8 Å². The van der Waals surface area contributed by atoms with Crippen molar-refractivity contribution in [2.45, 2.75) is 90.1 Å². The van der Waals surface area contributed by atoms with Crippen LogP contribution in [-0.2, 0) is 9.59 Å². The molecule has 0 radical (unpaired) electrons. The minimum Gasteiger partial charge on any atom is -0.211 e. The lowest BCUT2D eigenvalue weighted by Crippen LogP contribution is -1.99. The van der Waals surface area contributed by atoms with Crippen LogP contribution in [0.3, 0.4) is 0 Å². The molecule has 4 nitrogen and oxygen atoms in total. The SMILES string of the molecule is CCCCCCCCCCCCCC(N=C=O)N=C=O. The predicted molar refractivity (Wildman–Crippen MR) is 81.1 cm³/mol. The highest BCUT2D eigenvalue weighted by Crippen LogP contribution is 2.13. The highest BCUT2D eigenvalue weighted by atomic mass is 16.1. The van der Waals surface area contributed by atoms with Crippen LogP contribution in [0, 0.1) is 0 Å². The van der Waals surface area contributed by atoms with E-state index in [1.54, 1.807) is 0 Å². The van der Waals surface area contributed by atoms with Gasteiger partial charge < -0.3 is 0 Å². The Bertz CT molecular complexity index is 288. The lowest BCUT2D eigenvalue weighted by molar-refractivity contribution is 0.514. The number of hydrogen-bond donors (Lipinski definition) is 0. The fourth-order valence-corrected chi connectivity index (χ4v) is 2.27. The van der Waals surface area contributed by atoms with Crippen LogP contribution < -0.4 is 0 Å². The predicted octanol–water partition coefficient (Wildman–Crippen LogP) is 4.69. The first-order chi connectivity index (χ1) is 9.85. The monoisotopic (exact) mass is 280 g/mol. The fraction of sp³-hybridized carbons (Fsp3) is 0.875. The summed E-state index contributed by atoms with van der Waals surface area (Å²) in [4.78, 5) is 27.1. The molecule has 0 aromatic rings. The van der Waals surface area contributed by atoms with Crippen LogP contribution in [0.2, 0.25) is 0 Å². The molecule has 0 atom stereocenters. The van der Waals surface area contributed by atoms with Crippen molar-refractivity contribution in [2.75, 3.05) is 0 Å². The summed E-state index contributed by atoms with van der Waals surface area (Å²) in [6, 6.07) is 0. The van der Waals surface area contributed by atoms with E-state index >= 15 is 0 Å². The van der Waals surface area contributed by atoms with Crippen molar-refractivity contribution in [1.29, 1.82) is 0 Å². The lowest BCUT2D eigenvalue weighted by atomic mass is 10.0. The second-order valence-electron chi connectivity index (χ2n) is 5.25. The minimum absolute atomic E-state index is 0.566. The normalized spacial score (nSPS) is 11.4. The molecule has 0 unspecified atom stereocenters. The first-order valence-corrected chi connectivity index (χ1v) is 7.99. The summed E-state index contributed by atoms with van der Waals surface area (Å²) < 4.78 is 0. The van der Waals surface area contributed by atoms with E-state index in [0.29, 0.717) is 6.42 Å². The van der Waals surface area contributed by atoms with Crippen molar-refractivity contribution >= 4 is 12.2 Å². The zero-order valence-corrected chi connectivity index (χ0v) is 12.8. The summed E-state index contributed by atoms with van der Waals surface area (Å²) in [6.07, 6.45) is 16.9. The molecule has 20 heavy (non-hydrogen) atoms. The maximum atomic E-state index is 10.1. The van der Waals surface area contributed by atoms with Gasteiger partial charge in [0.15, 0.2) is 6.17 Å². The quantitative estimate of drug-likeness (QED) is 0.263. The first-order valence-electron chi connectivity index (χ1n) is 7.99. The molecule has 114 valence electrons. The third kappa shape index (κ3) is 13.2. The van der Waals surface area contributed by atoms with Crippen LogP contribution in [-0.4, -0.2) is 18.3 Å². The van der Waals surface area contributed by atoms with Crippen molar-refractivity contribution in [3.8, 4) is 0 Å². The molecule has 0 saturated heterocycles. The van der Waals surface area contributed by atoms with Crippen molar-refractivity contribution in [1.82, 2.24) is 0 Å². The maximum Gasteiger partial charge on any atom is 0.237 e. The maximum absolute atomic E-state index is 10.1. The molecule has 0 bridgehead atoms. The van der Waals surface area contributed by atoms with Gasteiger partial charge in [0.25, 0.3) is 0 Å². The van der Waals surface area contributed by atoms with Gasteiger partial charge in [-0.3, -0.25) is 0 Å². The van der Waals surface area contributed by atoms with E-state index < -0.39 is 6.17 Å². The smallest absolute Gasteiger partial charge is 0.211 e. The molecule has 0 N–H and O–H groups in total. The van der Waals surface area contributed by atoms with Crippen LogP contribution in [0.1, 0.15) is 84.0 Å². The van der Waals surface area contributed by atoms with Gasteiger partial charge in [-0.1, -0.05) is 71.1 Å². The molecule has 0 aromatic carbocycles. The number of hydrogen-bond acceptors (Lipinski definition) is 4. The molecular formula is C16H28N2O2. The summed E-state index contributed by atoms with van der Waals surface area (Å²) in [5.74, 6) is 0. The van der Waals surface area contributed by atoms with Crippen LogP contribution in [0.25, 0.3) is 0 Å². The van der Waals surface area contributed by atoms with Crippen LogP contribution in [0.4, 0.5) is 0 Å². The molecule has 4 heteroatoms. The van der Waals surface area contributed by atoms with Crippen molar-refractivity contribution in [2.24, 2.45) is 9.98 Å². The third-order valence-electron chi connectivity index (χ3n) is 3.47. The van der Waals surface area contributed by atoms with Gasteiger partial charge in [-0.15, -0.1) is 0 Å². The second kappa shape index (κ2) is 15.8. The molecule has 0 aliphatic carbocycles. The van der Waals surface area contributed by atoms with Gasteiger partial charge in [0, 0.05) is 0 Å². The van der Waals surface area contributed by atoms with Gasteiger partial charge in [0.2, 0.25) is 12.2 Å². The third-order valence-corrected chi connectivity index (χ3v) is 3.47. The Morgan fingerprint density at radius 2 is 1.10 bits per heavy atom. The zero-order chi connectivity index (χ0) is 14.9. The number of isocyanates is 2. The van der Waals surface area contributed by atoms with Crippen LogP contribution >= 0.6 is 0 Å². The van der Waals surface area contributed by atoms with E-state index in [-0.39, 0.29) is 0 Å². The second-order valence-corrected chi connectivity index (χ2v) is 5.25. The van der Waals surface area contributed by atoms with Crippen LogP contribution in [0.5, 0.6) is 0 Å². The molecule has 0 rings (SSSR count). The molecule has 0 amide bonds. The Hall–Kier alpha value is -1.24. The minimum atomic E-state index is -0.566. The van der Waals surface area contributed by atoms with Gasteiger partial charge in [0.1, 0.15) is 0 Å². The fourth-order valence-electron chi connectivity index (χ4n) is 2.27. The van der Waals surface area contributed by atoms with Crippen LogP contribution in [0.15, 0.2) is 9.98 Å². The summed E-state index contributed by atoms with van der Waals surface area (Å²) in [5, 5.41) is 0. The van der Waals surface area contributed by atoms with E-state index in [9.17, 15) is 9.59 Å². The summed E-state index contributed by atoms with van der Waals surface area (Å²) in [6.45, 7) is 2.24. The molecule has 0 aromatic heterocycles. The molecule has 0 heterocycles. The number of unbranched alkanes of at least 4 members (excludes halogenated alkanes) is 10. The Kier molecular flexibility index (Phi) is 14.8. The molecular weight excluding hydrogens is 252 g/mol. The van der Waals surface area contributed by atoms with Crippen molar-refractivity contribution < 1.29 is 9.59 Å². The number of carbonyl (C=O) groups excluding carboxylic acids is 2. The van der Waals surface area contributed by atoms with Gasteiger partial charge >= 0.3 is 0 Å². The molecule has 0 aliphatic heterocycles. The average molecular weight is 280 g/mol. The van der Waals surface area contributed by atoms with Crippen molar-refractivity contribution in [3.63, 3.8) is 0 Å². The van der Waals surface area contributed by atoms with E-state index in [2.05, 4.69) is 16.9 Å². The Balaban J connectivity index is 3.31.